The molecule has 0 aromatic carbocycles. The summed E-state index contributed by atoms with van der Waals surface area (Å²) in [4.78, 5) is 20.0. The summed E-state index contributed by atoms with van der Waals surface area (Å²) in [5, 5.41) is 7.75. The number of carbonyl (C=O) groups excluding carboxylic acids is 1. The van der Waals surface area contributed by atoms with Crippen LogP contribution in [-0.2, 0) is 0 Å². The average Bonchev–Trinajstić information content (AvgIpc) is 2.96. The van der Waals surface area contributed by atoms with Crippen LogP contribution in [0, 0.1) is 0 Å². The maximum atomic E-state index is 11.9. The molecule has 90 valence electrons. The summed E-state index contributed by atoms with van der Waals surface area (Å²) in [6.07, 6.45) is 2.52. The van der Waals surface area contributed by atoms with E-state index in [0.717, 1.165) is 11.4 Å². The molecule has 0 aliphatic rings. The lowest BCUT2D eigenvalue weighted by atomic mass is 10.2. The van der Waals surface area contributed by atoms with E-state index >= 15 is 0 Å². The molecule has 2 aromatic heterocycles. The molecule has 3 N–H and O–H groups in total. The lowest BCUT2D eigenvalue weighted by molar-refractivity contribution is 0.0931. The zero-order chi connectivity index (χ0) is 12.3. The number of thiazole rings is 2. The van der Waals surface area contributed by atoms with Crippen molar-refractivity contribution in [3.8, 4) is 0 Å². The quantitative estimate of drug-likeness (QED) is 0.889. The van der Waals surface area contributed by atoms with Crippen LogP contribution in [0.5, 0.6) is 0 Å². The maximum absolute atomic E-state index is 11.9. The van der Waals surface area contributed by atoms with Gasteiger partial charge in [0.25, 0.3) is 5.91 Å². The number of carbonyl (C=O) groups is 1. The second kappa shape index (κ2) is 5.24. The van der Waals surface area contributed by atoms with Gasteiger partial charge in [-0.15, -0.1) is 22.7 Å². The fraction of sp³-hybridized carbons (Fsp3) is 0.300. The van der Waals surface area contributed by atoms with Crippen molar-refractivity contribution in [1.82, 2.24) is 15.3 Å². The number of hydrogen-bond donors (Lipinski definition) is 2. The number of hydrogen-bond acceptors (Lipinski definition) is 6. The number of nitrogens with two attached hydrogens (primary N) is 1. The molecule has 1 atom stereocenters. The smallest absolute Gasteiger partial charge is 0.271 e. The van der Waals surface area contributed by atoms with Crippen LogP contribution < -0.4 is 11.1 Å². The summed E-state index contributed by atoms with van der Waals surface area (Å²) in [5.41, 5.74) is 5.85. The highest BCUT2D eigenvalue weighted by Gasteiger charge is 2.17. The molecule has 0 spiro atoms. The molecule has 0 radical (unpaired) electrons. The first-order chi connectivity index (χ1) is 8.20. The molecule has 2 rings (SSSR count). The molecule has 7 heteroatoms. The Bertz CT molecular complexity index is 494. The van der Waals surface area contributed by atoms with Crippen molar-refractivity contribution in [2.24, 2.45) is 0 Å². The van der Waals surface area contributed by atoms with E-state index in [1.807, 2.05) is 12.3 Å². The Morgan fingerprint density at radius 1 is 1.59 bits per heavy atom. The van der Waals surface area contributed by atoms with E-state index in [9.17, 15) is 4.79 Å². The normalized spacial score (nSPS) is 12.3. The van der Waals surface area contributed by atoms with Crippen molar-refractivity contribution in [2.45, 2.75) is 19.4 Å². The third kappa shape index (κ3) is 2.80. The molecule has 0 aliphatic heterocycles. The monoisotopic (exact) mass is 268 g/mol. The van der Waals surface area contributed by atoms with Gasteiger partial charge in [-0.3, -0.25) is 4.79 Å². The zero-order valence-electron chi connectivity index (χ0n) is 9.21. The average molecular weight is 268 g/mol. The molecular formula is C10H12N4OS2. The van der Waals surface area contributed by atoms with Gasteiger partial charge in [0.2, 0.25) is 0 Å². The van der Waals surface area contributed by atoms with E-state index in [1.54, 1.807) is 11.6 Å². The second-order valence-corrected chi connectivity index (χ2v) is 5.19. The Morgan fingerprint density at radius 2 is 2.41 bits per heavy atom. The van der Waals surface area contributed by atoms with Crippen LogP contribution in [0.25, 0.3) is 0 Å². The zero-order valence-corrected chi connectivity index (χ0v) is 10.8. The predicted octanol–water partition coefficient (Wildman–Crippen LogP) is 2.06. The van der Waals surface area contributed by atoms with Gasteiger partial charge in [-0.1, -0.05) is 6.92 Å². The van der Waals surface area contributed by atoms with Gasteiger partial charge < -0.3 is 11.1 Å². The molecule has 0 saturated carbocycles. The SMILES string of the molecule is CCC(NC(=O)c1csc(N)n1)c1nccs1. The van der Waals surface area contributed by atoms with E-state index in [-0.39, 0.29) is 11.9 Å². The van der Waals surface area contributed by atoms with Crippen LogP contribution in [-0.4, -0.2) is 15.9 Å². The van der Waals surface area contributed by atoms with E-state index in [0.29, 0.717) is 10.8 Å². The Morgan fingerprint density at radius 3 is 2.94 bits per heavy atom. The van der Waals surface area contributed by atoms with Crippen molar-refractivity contribution in [3.05, 3.63) is 27.7 Å². The third-order valence-corrected chi connectivity index (χ3v) is 3.78. The molecular weight excluding hydrogens is 256 g/mol. The number of aromatic nitrogens is 2. The molecule has 2 heterocycles. The lowest BCUT2D eigenvalue weighted by Gasteiger charge is -2.13. The summed E-state index contributed by atoms with van der Waals surface area (Å²) in [6, 6.07) is -0.0644. The van der Waals surface area contributed by atoms with Crippen LogP contribution in [0.1, 0.15) is 34.9 Å². The van der Waals surface area contributed by atoms with Crippen molar-refractivity contribution in [2.75, 3.05) is 5.73 Å². The van der Waals surface area contributed by atoms with Crippen molar-refractivity contribution >= 4 is 33.7 Å². The highest BCUT2D eigenvalue weighted by molar-refractivity contribution is 7.13. The first-order valence-electron chi connectivity index (χ1n) is 5.12. The minimum Gasteiger partial charge on any atom is -0.375 e. The first-order valence-corrected chi connectivity index (χ1v) is 6.88. The standard InChI is InChI=1S/C10H12N4OS2/c1-2-6(9-12-3-4-16-9)13-8(15)7-5-17-10(11)14-7/h3-6H,2H2,1H3,(H2,11,14)(H,13,15). The van der Waals surface area contributed by atoms with Crippen LogP contribution in [0.4, 0.5) is 5.13 Å². The van der Waals surface area contributed by atoms with Crippen LogP contribution >= 0.6 is 22.7 Å². The van der Waals surface area contributed by atoms with Gasteiger partial charge in [0.1, 0.15) is 10.7 Å². The maximum Gasteiger partial charge on any atom is 0.271 e. The molecule has 0 bridgehead atoms. The Balaban J connectivity index is 2.07. The predicted molar refractivity (Wildman–Crippen MR) is 69.1 cm³/mol. The van der Waals surface area contributed by atoms with Gasteiger partial charge in [0, 0.05) is 17.0 Å². The number of rotatable bonds is 4. The van der Waals surface area contributed by atoms with Gasteiger partial charge in [-0.05, 0) is 6.42 Å². The molecule has 17 heavy (non-hydrogen) atoms. The summed E-state index contributed by atoms with van der Waals surface area (Å²) < 4.78 is 0. The topological polar surface area (TPSA) is 80.9 Å². The molecule has 0 aliphatic carbocycles. The summed E-state index contributed by atoms with van der Waals surface area (Å²) in [5.74, 6) is -0.208. The van der Waals surface area contributed by atoms with Gasteiger partial charge in [-0.25, -0.2) is 9.97 Å². The van der Waals surface area contributed by atoms with E-state index in [4.69, 9.17) is 5.73 Å². The highest BCUT2D eigenvalue weighted by atomic mass is 32.1. The fourth-order valence-electron chi connectivity index (χ4n) is 1.37. The summed E-state index contributed by atoms with van der Waals surface area (Å²) >= 11 is 2.79. The van der Waals surface area contributed by atoms with Crippen LogP contribution in [0.15, 0.2) is 17.0 Å². The van der Waals surface area contributed by atoms with Gasteiger partial charge in [-0.2, -0.15) is 0 Å². The number of nitrogens with one attached hydrogen (secondary N) is 1. The fourth-order valence-corrected chi connectivity index (χ4v) is 2.68. The molecule has 0 saturated heterocycles. The van der Waals surface area contributed by atoms with Gasteiger partial charge >= 0.3 is 0 Å². The van der Waals surface area contributed by atoms with Crippen molar-refractivity contribution in [1.29, 1.82) is 0 Å². The summed E-state index contributed by atoms with van der Waals surface area (Å²) in [7, 11) is 0. The van der Waals surface area contributed by atoms with Crippen LogP contribution in [0.3, 0.4) is 0 Å². The number of nitrogen functional groups attached to an aromatic ring is 1. The van der Waals surface area contributed by atoms with E-state index < -0.39 is 0 Å². The first kappa shape index (κ1) is 12.0. The van der Waals surface area contributed by atoms with Crippen molar-refractivity contribution in [3.63, 3.8) is 0 Å². The van der Waals surface area contributed by atoms with Crippen LogP contribution in [0.2, 0.25) is 0 Å². The highest BCUT2D eigenvalue weighted by Crippen LogP contribution is 2.20. The molecule has 0 fully saturated rings. The van der Waals surface area contributed by atoms with Crippen molar-refractivity contribution < 1.29 is 4.79 Å². The van der Waals surface area contributed by atoms with Gasteiger partial charge in [0.15, 0.2) is 5.13 Å². The molecule has 2 aromatic rings. The molecule has 1 unspecified atom stereocenters. The second-order valence-electron chi connectivity index (χ2n) is 3.38. The Kier molecular flexibility index (Phi) is 3.70. The molecule has 5 nitrogen and oxygen atoms in total. The molecule has 1 amide bonds. The van der Waals surface area contributed by atoms with E-state index in [1.165, 1.54) is 22.7 Å². The number of amides is 1. The minimum absolute atomic E-state index is 0.0644. The van der Waals surface area contributed by atoms with Gasteiger partial charge in [0.05, 0.1) is 6.04 Å². The Labute approximate surface area is 107 Å². The lowest BCUT2D eigenvalue weighted by Crippen LogP contribution is -2.28. The summed E-state index contributed by atoms with van der Waals surface area (Å²) in [6.45, 7) is 2.00. The number of nitrogens with zero attached hydrogens (tertiary/aromatic N) is 2. The largest absolute Gasteiger partial charge is 0.375 e. The third-order valence-electron chi connectivity index (χ3n) is 2.22. The minimum atomic E-state index is -0.208. The Hall–Kier alpha value is -1.47. The van der Waals surface area contributed by atoms with E-state index in [2.05, 4.69) is 15.3 Å². The number of anilines is 1.